The van der Waals surface area contributed by atoms with Crippen LogP contribution in [0.15, 0.2) is 42.6 Å². The second-order valence-electron chi connectivity index (χ2n) is 3.90. The molecule has 2 aromatic rings. The molecule has 0 atom stereocenters. The van der Waals surface area contributed by atoms with Gasteiger partial charge in [-0.2, -0.15) is 0 Å². The minimum atomic E-state index is -0.390. The maximum atomic E-state index is 11.8. The molecule has 0 aliphatic carbocycles. The molecule has 2 N–H and O–H groups in total. The topological polar surface area (TPSA) is 72.5 Å². The number of benzene rings is 1. The van der Waals surface area contributed by atoms with Crippen molar-refractivity contribution in [2.45, 2.75) is 0 Å². The Kier molecular flexibility index (Phi) is 4.39. The number of nitrogens with one attached hydrogen (secondary N) is 2. The number of carbonyl (C=O) groups excluding carboxylic acids is 1. The van der Waals surface area contributed by atoms with Crippen LogP contribution in [0.5, 0.6) is 11.5 Å². The van der Waals surface area contributed by atoms with Gasteiger partial charge in [-0.15, -0.1) is 0 Å². The number of aromatic nitrogens is 1. The molecule has 1 aromatic carbocycles. The molecule has 1 aromatic heterocycles. The highest BCUT2D eigenvalue weighted by molar-refractivity contribution is 5.99. The average molecular weight is 273 g/mol. The molecule has 6 nitrogen and oxygen atoms in total. The van der Waals surface area contributed by atoms with E-state index >= 15 is 0 Å². The predicted octanol–water partition coefficient (Wildman–Crippen LogP) is 2.74. The van der Waals surface area contributed by atoms with E-state index in [9.17, 15) is 4.79 Å². The van der Waals surface area contributed by atoms with Crippen LogP contribution in [-0.4, -0.2) is 25.2 Å². The van der Waals surface area contributed by atoms with E-state index < -0.39 is 0 Å². The molecule has 0 bridgehead atoms. The van der Waals surface area contributed by atoms with Crippen LogP contribution in [0.3, 0.4) is 0 Å². The van der Waals surface area contributed by atoms with Crippen LogP contribution in [0.25, 0.3) is 0 Å². The summed E-state index contributed by atoms with van der Waals surface area (Å²) in [4.78, 5) is 15.8. The van der Waals surface area contributed by atoms with Crippen LogP contribution in [0.2, 0.25) is 0 Å². The van der Waals surface area contributed by atoms with Crippen molar-refractivity contribution in [3.8, 4) is 11.5 Å². The number of hydrogen-bond acceptors (Lipinski definition) is 4. The molecule has 0 radical (unpaired) electrons. The molecule has 0 saturated carbocycles. The highest BCUT2D eigenvalue weighted by Gasteiger charge is 2.06. The third-order valence-corrected chi connectivity index (χ3v) is 2.52. The SMILES string of the molecule is COc1cc(NC(=O)Nc2ccccn2)cc(OC)c1. The Labute approximate surface area is 116 Å². The van der Waals surface area contributed by atoms with E-state index in [0.717, 1.165) is 0 Å². The van der Waals surface area contributed by atoms with Crippen LogP contribution >= 0.6 is 0 Å². The van der Waals surface area contributed by atoms with Crippen molar-refractivity contribution < 1.29 is 14.3 Å². The fourth-order valence-electron chi connectivity index (χ4n) is 1.59. The number of anilines is 2. The summed E-state index contributed by atoms with van der Waals surface area (Å²) in [5.74, 6) is 1.66. The molecule has 0 saturated heterocycles. The number of pyridine rings is 1. The van der Waals surface area contributed by atoms with Crippen LogP contribution in [0.4, 0.5) is 16.3 Å². The zero-order chi connectivity index (χ0) is 14.4. The zero-order valence-electron chi connectivity index (χ0n) is 11.2. The van der Waals surface area contributed by atoms with Gasteiger partial charge in [0.2, 0.25) is 0 Å². The van der Waals surface area contributed by atoms with Crippen molar-refractivity contribution in [3.63, 3.8) is 0 Å². The molecule has 0 unspecified atom stereocenters. The molecular weight excluding hydrogens is 258 g/mol. The Bertz CT molecular complexity index is 565. The van der Waals surface area contributed by atoms with Gasteiger partial charge in [-0.25, -0.2) is 9.78 Å². The molecule has 0 aliphatic rings. The number of hydrogen-bond donors (Lipinski definition) is 2. The first kappa shape index (κ1) is 13.7. The van der Waals surface area contributed by atoms with Gasteiger partial charge in [0.15, 0.2) is 0 Å². The van der Waals surface area contributed by atoms with Gasteiger partial charge in [0, 0.05) is 30.1 Å². The fourth-order valence-corrected chi connectivity index (χ4v) is 1.59. The Hall–Kier alpha value is -2.76. The van der Waals surface area contributed by atoms with Gasteiger partial charge in [0.25, 0.3) is 0 Å². The average Bonchev–Trinajstić information content (AvgIpc) is 2.47. The van der Waals surface area contributed by atoms with Gasteiger partial charge < -0.3 is 14.8 Å². The lowest BCUT2D eigenvalue weighted by atomic mass is 10.3. The van der Waals surface area contributed by atoms with Crippen molar-refractivity contribution in [2.24, 2.45) is 0 Å². The van der Waals surface area contributed by atoms with Crippen LogP contribution in [0.1, 0.15) is 0 Å². The molecule has 104 valence electrons. The van der Waals surface area contributed by atoms with E-state index in [2.05, 4.69) is 15.6 Å². The lowest BCUT2D eigenvalue weighted by Crippen LogP contribution is -2.20. The summed E-state index contributed by atoms with van der Waals surface area (Å²) in [6.07, 6.45) is 1.60. The Morgan fingerprint density at radius 2 is 1.75 bits per heavy atom. The molecular formula is C14H15N3O3. The highest BCUT2D eigenvalue weighted by Crippen LogP contribution is 2.25. The van der Waals surface area contributed by atoms with Crippen LogP contribution in [-0.2, 0) is 0 Å². The summed E-state index contributed by atoms with van der Waals surface area (Å²) in [7, 11) is 3.10. The molecule has 6 heteroatoms. The lowest BCUT2D eigenvalue weighted by molar-refractivity contribution is 0.262. The first-order valence-corrected chi connectivity index (χ1v) is 5.93. The number of carbonyl (C=O) groups is 1. The van der Waals surface area contributed by atoms with E-state index in [1.165, 1.54) is 0 Å². The van der Waals surface area contributed by atoms with Gasteiger partial charge in [0.05, 0.1) is 14.2 Å². The Morgan fingerprint density at radius 1 is 1.05 bits per heavy atom. The van der Waals surface area contributed by atoms with Gasteiger partial charge in [-0.3, -0.25) is 5.32 Å². The number of rotatable bonds is 4. The van der Waals surface area contributed by atoms with Crippen molar-refractivity contribution in [1.29, 1.82) is 0 Å². The fraction of sp³-hybridized carbons (Fsp3) is 0.143. The Morgan fingerprint density at radius 3 is 2.30 bits per heavy atom. The number of methoxy groups -OCH3 is 2. The first-order chi connectivity index (χ1) is 9.71. The monoisotopic (exact) mass is 273 g/mol. The smallest absolute Gasteiger partial charge is 0.324 e. The van der Waals surface area contributed by atoms with E-state index in [1.807, 2.05) is 0 Å². The summed E-state index contributed by atoms with van der Waals surface area (Å²) in [6, 6.07) is 9.99. The third kappa shape index (κ3) is 3.61. The van der Waals surface area contributed by atoms with Crippen LogP contribution in [0, 0.1) is 0 Å². The van der Waals surface area contributed by atoms with E-state index in [0.29, 0.717) is 23.0 Å². The van der Waals surface area contributed by atoms with Gasteiger partial charge in [-0.1, -0.05) is 6.07 Å². The largest absolute Gasteiger partial charge is 0.497 e. The lowest BCUT2D eigenvalue weighted by Gasteiger charge is -2.10. The zero-order valence-corrected chi connectivity index (χ0v) is 11.2. The van der Waals surface area contributed by atoms with Gasteiger partial charge in [0.1, 0.15) is 17.3 Å². The third-order valence-electron chi connectivity index (χ3n) is 2.52. The molecule has 20 heavy (non-hydrogen) atoms. The van der Waals surface area contributed by atoms with Crippen molar-refractivity contribution >= 4 is 17.5 Å². The van der Waals surface area contributed by atoms with Crippen molar-refractivity contribution in [2.75, 3.05) is 24.9 Å². The quantitative estimate of drug-likeness (QED) is 0.898. The van der Waals surface area contributed by atoms with Crippen molar-refractivity contribution in [3.05, 3.63) is 42.6 Å². The van der Waals surface area contributed by atoms with Crippen LogP contribution < -0.4 is 20.1 Å². The Balaban J connectivity index is 2.07. The molecule has 0 spiro atoms. The molecule has 0 aliphatic heterocycles. The predicted molar refractivity (Wildman–Crippen MR) is 76.4 cm³/mol. The molecule has 1 heterocycles. The number of amides is 2. The van der Waals surface area contributed by atoms with Crippen molar-refractivity contribution in [1.82, 2.24) is 4.98 Å². The number of urea groups is 1. The van der Waals surface area contributed by atoms with E-state index in [1.54, 1.807) is 56.8 Å². The number of ether oxygens (including phenoxy) is 2. The molecule has 2 amide bonds. The summed E-state index contributed by atoms with van der Waals surface area (Å²) in [5, 5.41) is 5.31. The maximum Gasteiger partial charge on any atom is 0.324 e. The molecule has 2 rings (SSSR count). The normalized spacial score (nSPS) is 9.70. The minimum Gasteiger partial charge on any atom is -0.497 e. The second kappa shape index (κ2) is 6.42. The summed E-state index contributed by atoms with van der Waals surface area (Å²) in [5.41, 5.74) is 0.564. The molecule has 0 fully saturated rings. The minimum absolute atomic E-state index is 0.390. The highest BCUT2D eigenvalue weighted by atomic mass is 16.5. The number of nitrogens with zero attached hydrogens (tertiary/aromatic N) is 1. The second-order valence-corrected chi connectivity index (χ2v) is 3.90. The summed E-state index contributed by atoms with van der Waals surface area (Å²) in [6.45, 7) is 0. The summed E-state index contributed by atoms with van der Waals surface area (Å²) >= 11 is 0. The van der Waals surface area contributed by atoms with Gasteiger partial charge in [-0.05, 0) is 12.1 Å². The standard InChI is InChI=1S/C14H15N3O3/c1-19-11-7-10(8-12(9-11)20-2)16-14(18)17-13-5-3-4-6-15-13/h3-9H,1-2H3,(H2,15,16,17,18). The van der Waals surface area contributed by atoms with Gasteiger partial charge >= 0.3 is 6.03 Å². The van der Waals surface area contributed by atoms with E-state index in [4.69, 9.17) is 9.47 Å². The first-order valence-electron chi connectivity index (χ1n) is 5.93. The summed E-state index contributed by atoms with van der Waals surface area (Å²) < 4.78 is 10.3. The van der Waals surface area contributed by atoms with E-state index in [-0.39, 0.29) is 6.03 Å². The maximum absolute atomic E-state index is 11.8.